The third-order valence-electron chi connectivity index (χ3n) is 5.30. The number of aldehydes is 1. The van der Waals surface area contributed by atoms with Gasteiger partial charge in [0.05, 0.1) is 0 Å². The van der Waals surface area contributed by atoms with Crippen molar-refractivity contribution in [3.63, 3.8) is 0 Å². The van der Waals surface area contributed by atoms with Crippen molar-refractivity contribution >= 4 is 17.5 Å². The first-order chi connectivity index (χ1) is 11.3. The van der Waals surface area contributed by atoms with E-state index in [1.807, 2.05) is 6.92 Å². The van der Waals surface area contributed by atoms with Crippen molar-refractivity contribution in [1.29, 1.82) is 0 Å². The first-order valence-corrected chi connectivity index (χ1v) is 9.04. The van der Waals surface area contributed by atoms with E-state index in [-0.39, 0.29) is 5.41 Å². The summed E-state index contributed by atoms with van der Waals surface area (Å²) in [5.74, 6) is -0.278. The molecule has 0 spiro atoms. The van der Waals surface area contributed by atoms with Crippen LogP contribution in [0.4, 0.5) is 10.1 Å². The summed E-state index contributed by atoms with van der Waals surface area (Å²) in [5, 5.41) is 0. The van der Waals surface area contributed by atoms with Crippen molar-refractivity contribution in [3.05, 3.63) is 34.6 Å². The Hall–Kier alpha value is -1.64. The van der Waals surface area contributed by atoms with E-state index in [4.69, 9.17) is 0 Å². The second-order valence-electron chi connectivity index (χ2n) is 7.63. The Balaban J connectivity index is 2.87. The fourth-order valence-electron chi connectivity index (χ4n) is 3.61. The van der Waals surface area contributed by atoms with E-state index in [0.29, 0.717) is 24.2 Å². The van der Waals surface area contributed by atoms with Crippen LogP contribution < -0.4 is 4.90 Å². The van der Waals surface area contributed by atoms with Gasteiger partial charge in [-0.3, -0.25) is 4.79 Å². The highest BCUT2D eigenvalue weighted by Crippen LogP contribution is 2.46. The molecule has 0 aliphatic carbocycles. The average Bonchev–Trinajstić information content (AvgIpc) is 2.55. The van der Waals surface area contributed by atoms with Gasteiger partial charge < -0.3 is 4.90 Å². The maximum Gasteiger partial charge on any atom is 0.178 e. The standard InChI is InChI=1S/C21H30FNO/c1-7-16(19(22)13-24)17-11-15(14(3)4)12-18-20(17)23(8-2)10-9-21(18,5)6/h11-14H,7-10H2,1-6H3/b19-16+. The fraction of sp³-hybridized carbons (Fsp3) is 0.571. The van der Waals surface area contributed by atoms with Crippen LogP contribution in [0.25, 0.3) is 5.57 Å². The largest absolute Gasteiger partial charge is 0.371 e. The Kier molecular flexibility index (Phi) is 5.52. The van der Waals surface area contributed by atoms with Crippen LogP contribution in [-0.2, 0) is 10.2 Å². The van der Waals surface area contributed by atoms with E-state index < -0.39 is 5.83 Å². The molecule has 0 aromatic heterocycles. The number of benzene rings is 1. The molecule has 1 aliphatic heterocycles. The van der Waals surface area contributed by atoms with E-state index in [9.17, 15) is 9.18 Å². The van der Waals surface area contributed by atoms with Crippen LogP contribution in [0.5, 0.6) is 0 Å². The van der Waals surface area contributed by atoms with Crippen LogP contribution in [0.15, 0.2) is 18.0 Å². The highest BCUT2D eigenvalue weighted by atomic mass is 19.1. The lowest BCUT2D eigenvalue weighted by atomic mass is 9.74. The van der Waals surface area contributed by atoms with Crippen molar-refractivity contribution in [2.75, 3.05) is 18.0 Å². The third kappa shape index (κ3) is 3.26. The van der Waals surface area contributed by atoms with Crippen molar-refractivity contribution in [2.24, 2.45) is 0 Å². The van der Waals surface area contributed by atoms with Crippen LogP contribution in [0.1, 0.15) is 77.0 Å². The predicted octanol–water partition coefficient (Wildman–Crippen LogP) is 5.61. The van der Waals surface area contributed by atoms with Gasteiger partial charge in [0.1, 0.15) is 0 Å². The molecule has 2 rings (SSSR count). The summed E-state index contributed by atoms with van der Waals surface area (Å²) >= 11 is 0. The molecule has 1 aromatic carbocycles. The number of fused-ring (bicyclic) bond motifs is 1. The Bertz CT molecular complexity index is 658. The summed E-state index contributed by atoms with van der Waals surface area (Å²) in [6, 6.07) is 4.38. The zero-order valence-electron chi connectivity index (χ0n) is 15.9. The number of carbonyl (C=O) groups is 1. The molecule has 1 aliphatic rings. The topological polar surface area (TPSA) is 20.3 Å². The smallest absolute Gasteiger partial charge is 0.178 e. The number of nitrogens with zero attached hydrogens (tertiary/aromatic N) is 1. The van der Waals surface area contributed by atoms with Crippen LogP contribution in [-0.4, -0.2) is 19.4 Å². The Morgan fingerprint density at radius 1 is 1.33 bits per heavy atom. The van der Waals surface area contributed by atoms with E-state index >= 15 is 0 Å². The Morgan fingerprint density at radius 2 is 2.00 bits per heavy atom. The second kappa shape index (κ2) is 7.08. The number of rotatable bonds is 5. The first kappa shape index (κ1) is 18.7. The zero-order valence-corrected chi connectivity index (χ0v) is 15.9. The summed E-state index contributed by atoms with van der Waals surface area (Å²) < 4.78 is 14.3. The molecule has 2 nitrogen and oxygen atoms in total. The van der Waals surface area contributed by atoms with Crippen molar-refractivity contribution in [2.45, 2.75) is 65.7 Å². The monoisotopic (exact) mass is 331 g/mol. The number of hydrogen-bond acceptors (Lipinski definition) is 2. The van der Waals surface area contributed by atoms with Gasteiger partial charge in [-0.25, -0.2) is 4.39 Å². The summed E-state index contributed by atoms with van der Waals surface area (Å²) in [4.78, 5) is 13.4. The number of allylic oxidation sites excluding steroid dienone is 2. The molecule has 0 radical (unpaired) electrons. The lowest BCUT2D eigenvalue weighted by Gasteiger charge is -2.42. The van der Waals surface area contributed by atoms with E-state index in [1.54, 1.807) is 0 Å². The molecule has 1 heterocycles. The SMILES string of the molecule is CC/C(=C(\F)C=O)c1cc(C(C)C)cc2c1N(CC)CCC2(C)C. The molecule has 0 N–H and O–H groups in total. The first-order valence-electron chi connectivity index (χ1n) is 9.04. The minimum absolute atomic E-state index is 0.0527. The van der Waals surface area contributed by atoms with Gasteiger partial charge in [-0.1, -0.05) is 40.7 Å². The quantitative estimate of drug-likeness (QED) is 0.516. The van der Waals surface area contributed by atoms with Crippen LogP contribution in [0, 0.1) is 0 Å². The molecule has 3 heteroatoms. The third-order valence-corrected chi connectivity index (χ3v) is 5.30. The summed E-state index contributed by atoms with van der Waals surface area (Å²) in [6.07, 6.45) is 1.93. The Morgan fingerprint density at radius 3 is 2.50 bits per heavy atom. The molecule has 0 unspecified atom stereocenters. The molecular formula is C21H30FNO. The van der Waals surface area contributed by atoms with Crippen molar-refractivity contribution in [3.8, 4) is 0 Å². The van der Waals surface area contributed by atoms with Gasteiger partial charge in [0.2, 0.25) is 0 Å². The maximum absolute atomic E-state index is 14.3. The molecule has 0 atom stereocenters. The number of carbonyl (C=O) groups excluding carboxylic acids is 1. The number of hydrogen-bond donors (Lipinski definition) is 0. The van der Waals surface area contributed by atoms with E-state index in [2.05, 4.69) is 51.7 Å². The predicted molar refractivity (Wildman–Crippen MR) is 100 cm³/mol. The Labute approximate surface area is 145 Å². The summed E-state index contributed by atoms with van der Waals surface area (Å²) in [6.45, 7) is 14.7. The van der Waals surface area contributed by atoms with Crippen molar-refractivity contribution < 1.29 is 9.18 Å². The molecule has 0 saturated carbocycles. The van der Waals surface area contributed by atoms with E-state index in [0.717, 1.165) is 30.8 Å². The lowest BCUT2D eigenvalue weighted by molar-refractivity contribution is -0.106. The molecule has 1 aromatic rings. The molecule has 0 saturated heterocycles. The van der Waals surface area contributed by atoms with Gasteiger partial charge in [0.25, 0.3) is 0 Å². The second-order valence-corrected chi connectivity index (χ2v) is 7.63. The summed E-state index contributed by atoms with van der Waals surface area (Å²) in [5.41, 5.74) is 5.09. The van der Waals surface area contributed by atoms with Gasteiger partial charge >= 0.3 is 0 Å². The van der Waals surface area contributed by atoms with Crippen LogP contribution >= 0.6 is 0 Å². The fourth-order valence-corrected chi connectivity index (χ4v) is 3.61. The van der Waals surface area contributed by atoms with Crippen LogP contribution in [0.3, 0.4) is 0 Å². The number of halogens is 1. The van der Waals surface area contributed by atoms with Gasteiger partial charge in [-0.05, 0) is 48.3 Å². The minimum Gasteiger partial charge on any atom is -0.371 e. The number of anilines is 1. The molecule has 0 bridgehead atoms. The van der Waals surface area contributed by atoms with Gasteiger partial charge in [-0.2, -0.15) is 0 Å². The van der Waals surface area contributed by atoms with Gasteiger partial charge in [-0.15, -0.1) is 0 Å². The molecule has 132 valence electrons. The van der Waals surface area contributed by atoms with Gasteiger partial charge in [0, 0.05) is 29.9 Å². The molecule has 0 amide bonds. The van der Waals surface area contributed by atoms with E-state index in [1.165, 1.54) is 11.1 Å². The maximum atomic E-state index is 14.3. The molecule has 0 fully saturated rings. The van der Waals surface area contributed by atoms with Gasteiger partial charge in [0.15, 0.2) is 12.1 Å². The minimum atomic E-state index is -0.639. The van der Waals surface area contributed by atoms with Crippen LogP contribution in [0.2, 0.25) is 0 Å². The van der Waals surface area contributed by atoms with Crippen molar-refractivity contribution in [1.82, 2.24) is 0 Å². The highest BCUT2D eigenvalue weighted by molar-refractivity contribution is 5.90. The normalized spacial score (nSPS) is 17.6. The molecular weight excluding hydrogens is 301 g/mol. The zero-order chi connectivity index (χ0) is 18.1. The lowest BCUT2D eigenvalue weighted by Crippen LogP contribution is -2.38. The average molecular weight is 331 g/mol. The summed E-state index contributed by atoms with van der Waals surface area (Å²) in [7, 11) is 0. The molecule has 24 heavy (non-hydrogen) atoms. The highest BCUT2D eigenvalue weighted by Gasteiger charge is 2.34.